The average Bonchev–Trinajstić information content (AvgIpc) is 2.26. The Bertz CT molecular complexity index is 438. The second kappa shape index (κ2) is 5.53. The quantitative estimate of drug-likeness (QED) is 0.869. The van der Waals surface area contributed by atoms with E-state index in [2.05, 4.69) is 11.9 Å². The molecule has 0 amide bonds. The zero-order valence-electron chi connectivity index (χ0n) is 11.1. The van der Waals surface area contributed by atoms with Crippen molar-refractivity contribution in [1.82, 2.24) is 4.90 Å². The second-order valence-corrected chi connectivity index (χ2v) is 5.44. The molecule has 0 unspecified atom stereocenters. The smallest absolute Gasteiger partial charge is 0.335 e. The summed E-state index contributed by atoms with van der Waals surface area (Å²) in [6.07, 6.45) is 4.10. The molecule has 18 heavy (non-hydrogen) atoms. The first-order valence-electron chi connectivity index (χ1n) is 6.57. The van der Waals surface area contributed by atoms with Gasteiger partial charge in [0, 0.05) is 13.1 Å². The lowest BCUT2D eigenvalue weighted by Gasteiger charge is -2.30. The van der Waals surface area contributed by atoms with E-state index in [1.807, 2.05) is 13.0 Å². The van der Waals surface area contributed by atoms with Crippen LogP contribution >= 0.6 is 0 Å². The molecule has 1 fully saturated rings. The van der Waals surface area contributed by atoms with Gasteiger partial charge in [0.25, 0.3) is 0 Å². The van der Waals surface area contributed by atoms with Gasteiger partial charge in [-0.1, -0.05) is 12.5 Å². The van der Waals surface area contributed by atoms with Gasteiger partial charge in [0.2, 0.25) is 0 Å². The van der Waals surface area contributed by atoms with Crippen LogP contribution < -0.4 is 0 Å². The Morgan fingerprint density at radius 3 is 2.67 bits per heavy atom. The minimum Gasteiger partial charge on any atom is -0.478 e. The summed E-state index contributed by atoms with van der Waals surface area (Å²) in [4.78, 5) is 13.2. The summed E-state index contributed by atoms with van der Waals surface area (Å²) in [5.41, 5.74) is 2.66. The molecule has 0 radical (unpaired) electrons. The van der Waals surface area contributed by atoms with Crippen LogP contribution in [0.5, 0.6) is 0 Å². The summed E-state index contributed by atoms with van der Waals surface area (Å²) in [5, 5.41) is 8.93. The molecule has 0 heterocycles. The molecule has 0 bridgehead atoms. The number of hydrogen-bond donors (Lipinski definition) is 1. The highest BCUT2D eigenvalue weighted by atomic mass is 16.4. The minimum absolute atomic E-state index is 0.373. The Balaban J connectivity index is 1.97. The summed E-state index contributed by atoms with van der Waals surface area (Å²) in [5.74, 6) is 0.0149. The highest BCUT2D eigenvalue weighted by molar-refractivity contribution is 5.87. The maximum atomic E-state index is 10.9. The van der Waals surface area contributed by atoms with Gasteiger partial charge in [-0.3, -0.25) is 0 Å². The average molecular weight is 247 g/mol. The van der Waals surface area contributed by atoms with E-state index in [-0.39, 0.29) is 0 Å². The summed E-state index contributed by atoms with van der Waals surface area (Å²) >= 11 is 0. The SMILES string of the molecule is Cc1cc(C(=O)O)ccc1CN(C)CC1CCC1. The van der Waals surface area contributed by atoms with E-state index in [9.17, 15) is 4.79 Å². The molecule has 2 rings (SSSR count). The molecular formula is C15H21NO2. The van der Waals surface area contributed by atoms with Crippen LogP contribution in [0.3, 0.4) is 0 Å². The predicted octanol–water partition coefficient (Wildman–Crippen LogP) is 2.93. The maximum absolute atomic E-state index is 10.9. The number of aromatic carboxylic acids is 1. The van der Waals surface area contributed by atoms with Crippen LogP contribution in [0, 0.1) is 12.8 Å². The summed E-state index contributed by atoms with van der Waals surface area (Å²) in [6.45, 7) is 4.04. The zero-order chi connectivity index (χ0) is 13.1. The first-order valence-corrected chi connectivity index (χ1v) is 6.57. The van der Waals surface area contributed by atoms with E-state index in [1.54, 1.807) is 12.1 Å². The van der Waals surface area contributed by atoms with E-state index >= 15 is 0 Å². The third-order valence-corrected chi connectivity index (χ3v) is 3.82. The van der Waals surface area contributed by atoms with Crippen molar-refractivity contribution >= 4 is 5.97 Å². The normalized spacial score (nSPS) is 15.7. The molecule has 0 atom stereocenters. The van der Waals surface area contributed by atoms with E-state index in [0.717, 1.165) is 24.6 Å². The van der Waals surface area contributed by atoms with Crippen molar-refractivity contribution in [3.8, 4) is 0 Å². The van der Waals surface area contributed by atoms with Gasteiger partial charge in [-0.2, -0.15) is 0 Å². The molecule has 1 aliphatic rings. The number of carboxylic acid groups (broad SMARTS) is 1. The van der Waals surface area contributed by atoms with Crippen LogP contribution in [0.2, 0.25) is 0 Å². The van der Waals surface area contributed by atoms with Crippen molar-refractivity contribution in [3.05, 3.63) is 34.9 Å². The number of nitrogens with zero attached hydrogens (tertiary/aromatic N) is 1. The first kappa shape index (κ1) is 13.1. The lowest BCUT2D eigenvalue weighted by Crippen LogP contribution is -2.29. The highest BCUT2D eigenvalue weighted by Crippen LogP contribution is 2.27. The first-order chi connectivity index (χ1) is 8.56. The summed E-state index contributed by atoms with van der Waals surface area (Å²) in [6, 6.07) is 5.40. The second-order valence-electron chi connectivity index (χ2n) is 5.44. The van der Waals surface area contributed by atoms with Crippen molar-refractivity contribution in [1.29, 1.82) is 0 Å². The highest BCUT2D eigenvalue weighted by Gasteiger charge is 2.19. The molecule has 0 aliphatic heterocycles. The fourth-order valence-corrected chi connectivity index (χ4v) is 2.48. The predicted molar refractivity (Wildman–Crippen MR) is 71.8 cm³/mol. The molecular weight excluding hydrogens is 226 g/mol. The molecule has 98 valence electrons. The van der Waals surface area contributed by atoms with Gasteiger partial charge in [-0.15, -0.1) is 0 Å². The summed E-state index contributed by atoms with van der Waals surface area (Å²) in [7, 11) is 2.14. The number of benzene rings is 1. The Morgan fingerprint density at radius 2 is 2.17 bits per heavy atom. The molecule has 3 nitrogen and oxygen atoms in total. The standard InChI is InChI=1S/C15H21NO2/c1-11-8-13(15(17)18)6-7-14(11)10-16(2)9-12-4-3-5-12/h6-8,12H,3-5,9-10H2,1-2H3,(H,17,18). The molecule has 1 aromatic rings. The zero-order valence-corrected chi connectivity index (χ0v) is 11.1. The Morgan fingerprint density at radius 1 is 1.44 bits per heavy atom. The van der Waals surface area contributed by atoms with Gasteiger partial charge in [-0.05, 0) is 56.0 Å². The fraction of sp³-hybridized carbons (Fsp3) is 0.533. The monoisotopic (exact) mass is 247 g/mol. The van der Waals surface area contributed by atoms with E-state index in [0.29, 0.717) is 5.56 Å². The fourth-order valence-electron chi connectivity index (χ4n) is 2.48. The molecule has 1 saturated carbocycles. The van der Waals surface area contributed by atoms with E-state index in [1.165, 1.54) is 24.8 Å². The Hall–Kier alpha value is -1.35. The topological polar surface area (TPSA) is 40.5 Å². The van der Waals surface area contributed by atoms with Crippen LogP contribution in [-0.4, -0.2) is 29.6 Å². The Kier molecular flexibility index (Phi) is 4.02. The summed E-state index contributed by atoms with van der Waals surface area (Å²) < 4.78 is 0. The van der Waals surface area contributed by atoms with Crippen LogP contribution in [-0.2, 0) is 6.54 Å². The number of rotatable bonds is 5. The lowest BCUT2D eigenvalue weighted by molar-refractivity contribution is 0.0696. The van der Waals surface area contributed by atoms with Gasteiger partial charge < -0.3 is 10.0 Å². The third-order valence-electron chi connectivity index (χ3n) is 3.82. The third kappa shape index (κ3) is 3.10. The number of carboxylic acids is 1. The van der Waals surface area contributed by atoms with Crippen LogP contribution in [0.1, 0.15) is 40.7 Å². The number of aryl methyl sites for hydroxylation is 1. The van der Waals surface area contributed by atoms with E-state index in [4.69, 9.17) is 5.11 Å². The Labute approximate surface area is 108 Å². The van der Waals surface area contributed by atoms with Crippen molar-refractivity contribution in [2.24, 2.45) is 5.92 Å². The molecule has 0 spiro atoms. The molecule has 1 N–H and O–H groups in total. The van der Waals surface area contributed by atoms with Crippen LogP contribution in [0.15, 0.2) is 18.2 Å². The lowest BCUT2D eigenvalue weighted by atomic mass is 9.85. The van der Waals surface area contributed by atoms with Crippen molar-refractivity contribution in [2.75, 3.05) is 13.6 Å². The van der Waals surface area contributed by atoms with Crippen LogP contribution in [0.4, 0.5) is 0 Å². The van der Waals surface area contributed by atoms with Crippen molar-refractivity contribution in [2.45, 2.75) is 32.7 Å². The number of carbonyl (C=O) groups is 1. The molecule has 1 aliphatic carbocycles. The van der Waals surface area contributed by atoms with Gasteiger partial charge >= 0.3 is 5.97 Å². The maximum Gasteiger partial charge on any atom is 0.335 e. The van der Waals surface area contributed by atoms with Crippen molar-refractivity contribution < 1.29 is 9.90 Å². The molecule has 1 aromatic carbocycles. The molecule has 0 aromatic heterocycles. The largest absolute Gasteiger partial charge is 0.478 e. The van der Waals surface area contributed by atoms with Gasteiger partial charge in [0.05, 0.1) is 5.56 Å². The van der Waals surface area contributed by atoms with E-state index < -0.39 is 5.97 Å². The van der Waals surface area contributed by atoms with Crippen LogP contribution in [0.25, 0.3) is 0 Å². The van der Waals surface area contributed by atoms with Gasteiger partial charge in [0.1, 0.15) is 0 Å². The van der Waals surface area contributed by atoms with Crippen molar-refractivity contribution in [3.63, 3.8) is 0 Å². The number of hydrogen-bond acceptors (Lipinski definition) is 2. The minimum atomic E-state index is -0.854. The molecule has 3 heteroatoms. The molecule has 0 saturated heterocycles. The van der Waals surface area contributed by atoms with Gasteiger partial charge in [-0.25, -0.2) is 4.79 Å². The van der Waals surface area contributed by atoms with Gasteiger partial charge in [0.15, 0.2) is 0 Å².